The van der Waals surface area contributed by atoms with Crippen molar-refractivity contribution < 1.29 is 4.74 Å². The van der Waals surface area contributed by atoms with Crippen LogP contribution in [0.5, 0.6) is 5.88 Å². The van der Waals surface area contributed by atoms with Gasteiger partial charge >= 0.3 is 0 Å². The Morgan fingerprint density at radius 3 is 2.09 bits per heavy atom. The number of nitrogens with zero attached hydrogens (tertiary/aromatic N) is 6. The van der Waals surface area contributed by atoms with Crippen molar-refractivity contribution in [3.8, 4) is 5.88 Å². The van der Waals surface area contributed by atoms with Crippen LogP contribution >= 0.6 is 24.8 Å². The van der Waals surface area contributed by atoms with Crippen LogP contribution in [0.4, 0.5) is 0 Å². The molecule has 180 valence electrons. The minimum atomic E-state index is 0. The van der Waals surface area contributed by atoms with Gasteiger partial charge in [0.25, 0.3) is 0 Å². The number of ether oxygens (including phenoxy) is 1. The summed E-state index contributed by atoms with van der Waals surface area (Å²) in [6.45, 7) is 5.92. The van der Waals surface area contributed by atoms with Gasteiger partial charge in [-0.05, 0) is 23.6 Å². The average Bonchev–Trinajstić information content (AvgIpc) is 3.32. The second-order valence-electron chi connectivity index (χ2n) is 8.08. The molecule has 34 heavy (non-hydrogen) atoms. The molecule has 1 saturated heterocycles. The molecule has 0 spiro atoms. The SMILES string of the molecule is Cl.Cl.c1ccc(C(c2ccccc2)N2CCN(CCCOc3ccc4ncnn4n3)CC2)cc1. The fourth-order valence-electron chi connectivity index (χ4n) is 4.38. The molecule has 9 heteroatoms. The van der Waals surface area contributed by atoms with Gasteiger partial charge in [-0.25, -0.2) is 4.98 Å². The average molecular weight is 501 g/mol. The van der Waals surface area contributed by atoms with Crippen LogP contribution in [-0.4, -0.2) is 68.9 Å². The summed E-state index contributed by atoms with van der Waals surface area (Å²) in [6.07, 6.45) is 2.46. The lowest BCUT2D eigenvalue weighted by molar-refractivity contribution is 0.104. The van der Waals surface area contributed by atoms with Crippen molar-refractivity contribution in [1.82, 2.24) is 29.6 Å². The third-order valence-electron chi connectivity index (χ3n) is 6.00. The molecule has 0 bridgehead atoms. The van der Waals surface area contributed by atoms with Crippen LogP contribution in [0.1, 0.15) is 23.6 Å². The van der Waals surface area contributed by atoms with E-state index >= 15 is 0 Å². The third kappa shape index (κ3) is 6.24. The van der Waals surface area contributed by atoms with Crippen LogP contribution in [0.25, 0.3) is 5.65 Å². The van der Waals surface area contributed by atoms with Gasteiger partial charge in [0.05, 0.1) is 12.6 Å². The van der Waals surface area contributed by atoms with Crippen molar-refractivity contribution in [3.63, 3.8) is 0 Å². The van der Waals surface area contributed by atoms with Gasteiger partial charge in [-0.1, -0.05) is 60.7 Å². The molecule has 1 aliphatic heterocycles. The highest BCUT2D eigenvalue weighted by atomic mass is 35.5. The molecular weight excluding hydrogens is 471 g/mol. The highest BCUT2D eigenvalue weighted by molar-refractivity contribution is 5.85. The Labute approximate surface area is 212 Å². The predicted octanol–water partition coefficient (Wildman–Crippen LogP) is 4.14. The first kappa shape index (κ1) is 25.9. The van der Waals surface area contributed by atoms with Crippen molar-refractivity contribution in [2.75, 3.05) is 39.3 Å². The first-order chi connectivity index (χ1) is 15.9. The van der Waals surface area contributed by atoms with Crippen LogP contribution in [-0.2, 0) is 0 Å². The van der Waals surface area contributed by atoms with E-state index in [1.165, 1.54) is 22.1 Å². The molecule has 0 unspecified atom stereocenters. The van der Waals surface area contributed by atoms with E-state index in [9.17, 15) is 0 Å². The zero-order valence-corrected chi connectivity index (χ0v) is 20.6. The molecule has 0 atom stereocenters. The van der Waals surface area contributed by atoms with Gasteiger partial charge in [0.15, 0.2) is 5.65 Å². The highest BCUT2D eigenvalue weighted by Crippen LogP contribution is 2.29. The topological polar surface area (TPSA) is 58.8 Å². The van der Waals surface area contributed by atoms with Crippen molar-refractivity contribution in [3.05, 3.63) is 90.3 Å². The first-order valence-electron chi connectivity index (χ1n) is 11.2. The molecular formula is C25H30Cl2N6O. The summed E-state index contributed by atoms with van der Waals surface area (Å²) in [5.41, 5.74) is 3.44. The van der Waals surface area contributed by atoms with E-state index in [1.54, 1.807) is 0 Å². The lowest BCUT2D eigenvalue weighted by Gasteiger charge is -2.39. The number of benzene rings is 2. The van der Waals surface area contributed by atoms with Crippen molar-refractivity contribution in [2.24, 2.45) is 0 Å². The molecule has 4 aromatic rings. The maximum atomic E-state index is 5.81. The first-order valence-corrected chi connectivity index (χ1v) is 11.2. The number of halogens is 2. The molecule has 2 aromatic heterocycles. The summed E-state index contributed by atoms with van der Waals surface area (Å²) in [7, 11) is 0. The van der Waals surface area contributed by atoms with Gasteiger partial charge in [0, 0.05) is 38.8 Å². The summed E-state index contributed by atoms with van der Waals surface area (Å²) < 4.78 is 7.30. The van der Waals surface area contributed by atoms with Gasteiger partial charge in [0.2, 0.25) is 5.88 Å². The summed E-state index contributed by atoms with van der Waals surface area (Å²) in [6, 6.07) is 25.7. The van der Waals surface area contributed by atoms with Crippen LogP contribution in [0.3, 0.4) is 0 Å². The fraction of sp³-hybridized carbons (Fsp3) is 0.320. The highest BCUT2D eigenvalue weighted by Gasteiger charge is 2.26. The Morgan fingerprint density at radius 1 is 0.794 bits per heavy atom. The van der Waals surface area contributed by atoms with Crippen LogP contribution in [0.15, 0.2) is 79.1 Å². The van der Waals surface area contributed by atoms with Crippen molar-refractivity contribution >= 4 is 30.5 Å². The molecule has 3 heterocycles. The van der Waals surface area contributed by atoms with E-state index in [4.69, 9.17) is 4.74 Å². The molecule has 5 rings (SSSR count). The minimum Gasteiger partial charge on any atom is -0.477 e. The predicted molar refractivity (Wildman–Crippen MR) is 138 cm³/mol. The Morgan fingerprint density at radius 2 is 1.44 bits per heavy atom. The Balaban J connectivity index is 0.00000162. The quantitative estimate of drug-likeness (QED) is 0.338. The summed E-state index contributed by atoms with van der Waals surface area (Å²) in [5, 5.41) is 8.35. The molecule has 1 fully saturated rings. The normalized spacial score (nSPS) is 14.5. The van der Waals surface area contributed by atoms with E-state index in [2.05, 4.69) is 85.6 Å². The largest absolute Gasteiger partial charge is 0.477 e. The molecule has 0 amide bonds. The Kier molecular flexibility index (Phi) is 9.65. The lowest BCUT2D eigenvalue weighted by atomic mass is 9.96. The lowest BCUT2D eigenvalue weighted by Crippen LogP contribution is -2.48. The zero-order valence-electron chi connectivity index (χ0n) is 18.9. The third-order valence-corrected chi connectivity index (χ3v) is 6.00. The minimum absolute atomic E-state index is 0. The molecule has 0 N–H and O–H groups in total. The molecule has 0 saturated carbocycles. The van der Waals surface area contributed by atoms with Crippen LogP contribution < -0.4 is 4.74 Å². The Hall–Kier alpha value is -2.71. The maximum Gasteiger partial charge on any atom is 0.233 e. The monoisotopic (exact) mass is 500 g/mol. The van der Waals surface area contributed by atoms with Gasteiger partial charge in [-0.2, -0.15) is 0 Å². The number of fused-ring (bicyclic) bond motifs is 1. The van der Waals surface area contributed by atoms with E-state index in [0.29, 0.717) is 18.5 Å². The smallest absolute Gasteiger partial charge is 0.233 e. The van der Waals surface area contributed by atoms with E-state index < -0.39 is 0 Å². The number of piperazine rings is 1. The van der Waals surface area contributed by atoms with Crippen molar-refractivity contribution in [1.29, 1.82) is 0 Å². The second-order valence-corrected chi connectivity index (χ2v) is 8.08. The van der Waals surface area contributed by atoms with Crippen molar-refractivity contribution in [2.45, 2.75) is 12.5 Å². The standard InChI is InChI=1S/C25H28N6O.2ClH/c1-3-8-21(9-4-1)25(22-10-5-2-6-11-22)30-17-15-29(16-18-30)14-7-19-32-24-13-12-23-26-20-27-31(23)28-24;;/h1-6,8-13,20,25H,7,14-19H2;2*1H. The van der Waals surface area contributed by atoms with E-state index in [0.717, 1.165) is 44.8 Å². The van der Waals surface area contributed by atoms with Crippen LogP contribution in [0, 0.1) is 0 Å². The summed E-state index contributed by atoms with van der Waals surface area (Å²) in [4.78, 5) is 9.23. The maximum absolute atomic E-state index is 5.81. The molecule has 0 radical (unpaired) electrons. The van der Waals surface area contributed by atoms with Gasteiger partial charge in [0.1, 0.15) is 6.33 Å². The number of hydrogen-bond acceptors (Lipinski definition) is 6. The number of aromatic nitrogens is 4. The van der Waals surface area contributed by atoms with Gasteiger partial charge in [-0.3, -0.25) is 4.90 Å². The van der Waals surface area contributed by atoms with E-state index in [-0.39, 0.29) is 24.8 Å². The summed E-state index contributed by atoms with van der Waals surface area (Å²) >= 11 is 0. The van der Waals surface area contributed by atoms with Gasteiger partial charge in [-0.15, -0.1) is 39.6 Å². The zero-order chi connectivity index (χ0) is 21.6. The second kappa shape index (κ2) is 12.7. The molecule has 0 aliphatic carbocycles. The van der Waals surface area contributed by atoms with Crippen LogP contribution in [0.2, 0.25) is 0 Å². The van der Waals surface area contributed by atoms with E-state index in [1.807, 2.05) is 12.1 Å². The summed E-state index contributed by atoms with van der Waals surface area (Å²) in [5.74, 6) is 0.585. The fourth-order valence-corrected chi connectivity index (χ4v) is 4.38. The number of hydrogen-bond donors (Lipinski definition) is 0. The molecule has 7 nitrogen and oxygen atoms in total. The Bertz CT molecular complexity index is 1080. The molecule has 1 aliphatic rings. The van der Waals surface area contributed by atoms with Gasteiger partial charge < -0.3 is 9.64 Å². The number of rotatable bonds is 8. The molecule has 2 aromatic carbocycles.